The van der Waals surface area contributed by atoms with Gasteiger partial charge in [0, 0.05) is 30.3 Å². The van der Waals surface area contributed by atoms with Gasteiger partial charge in [-0.25, -0.2) is 15.2 Å². The maximum atomic E-state index is 13.4. The average Bonchev–Trinajstić information content (AvgIpc) is 3.29. The minimum atomic E-state index is -0.266. The van der Waals surface area contributed by atoms with Crippen molar-refractivity contribution in [1.29, 1.82) is 5.26 Å². The number of nitrogens with two attached hydrogens (primary N) is 1. The number of benzene rings is 1. The Bertz CT molecular complexity index is 760. The van der Waals surface area contributed by atoms with Crippen LogP contribution in [0.15, 0.2) is 35.7 Å². The second-order valence-corrected chi connectivity index (χ2v) is 7.43. The van der Waals surface area contributed by atoms with Gasteiger partial charge in [-0.15, -0.1) is 0 Å². The van der Waals surface area contributed by atoms with E-state index in [-0.39, 0.29) is 47.8 Å². The minimum Gasteiger partial charge on any atom is -0.458 e. The van der Waals surface area contributed by atoms with Gasteiger partial charge >= 0.3 is 0 Å². The van der Waals surface area contributed by atoms with E-state index in [1.165, 1.54) is 12.1 Å². The summed E-state index contributed by atoms with van der Waals surface area (Å²) in [6.45, 7) is 2.83. The second kappa shape index (κ2) is 7.44. The van der Waals surface area contributed by atoms with Gasteiger partial charge in [0.05, 0.1) is 11.6 Å². The lowest BCUT2D eigenvalue weighted by molar-refractivity contribution is 0.00532. The quantitative estimate of drug-likeness (QED) is 0.540. The van der Waals surface area contributed by atoms with Crippen LogP contribution in [0.2, 0.25) is 0 Å². The van der Waals surface area contributed by atoms with E-state index in [1.54, 1.807) is 12.1 Å². The molecule has 1 aromatic rings. The molecule has 3 aliphatic rings. The number of allylic oxidation sites excluding steroid dienone is 1. The fourth-order valence-electron chi connectivity index (χ4n) is 4.75. The fourth-order valence-corrected chi connectivity index (χ4v) is 4.75. The lowest BCUT2D eigenvalue weighted by Gasteiger charge is -2.40. The molecular weight excluding hydrogens is 347 g/mol. The fraction of sp³-hybridized carbons (Fsp3) is 0.526. The van der Waals surface area contributed by atoms with E-state index in [9.17, 15) is 9.65 Å². The minimum absolute atomic E-state index is 0.0478. The predicted molar refractivity (Wildman–Crippen MR) is 97.4 cm³/mol. The van der Waals surface area contributed by atoms with E-state index in [0.717, 1.165) is 18.4 Å². The summed E-state index contributed by atoms with van der Waals surface area (Å²) in [5.74, 6) is 0.0226. The zero-order chi connectivity index (χ0) is 19.0. The molecule has 3 aliphatic heterocycles. The smallest absolute Gasteiger partial charge is 0.200 e. The molecule has 0 radical (unpaired) electrons. The number of ether oxygens (including phenoxy) is 1. The van der Waals surface area contributed by atoms with Crippen molar-refractivity contribution >= 4 is 0 Å². The largest absolute Gasteiger partial charge is 0.458 e. The highest BCUT2D eigenvalue weighted by Gasteiger charge is 2.52. The molecule has 27 heavy (non-hydrogen) atoms. The third kappa shape index (κ3) is 3.17. The molecule has 0 aliphatic carbocycles. The molecule has 7 nitrogen and oxygen atoms in total. The van der Waals surface area contributed by atoms with Crippen molar-refractivity contribution in [2.24, 2.45) is 23.5 Å². The molecule has 1 aromatic carbocycles. The number of hydrogen-bond acceptors (Lipinski definition) is 7. The highest BCUT2D eigenvalue weighted by Crippen LogP contribution is 2.46. The van der Waals surface area contributed by atoms with Gasteiger partial charge in [-0.1, -0.05) is 25.5 Å². The zero-order valence-corrected chi connectivity index (χ0v) is 15.2. The molecule has 0 saturated carbocycles. The molecule has 144 valence electrons. The third-order valence-corrected chi connectivity index (χ3v) is 5.93. The van der Waals surface area contributed by atoms with Gasteiger partial charge in [0.25, 0.3) is 0 Å². The molecule has 0 aromatic heterocycles. The maximum Gasteiger partial charge on any atom is 0.200 e. The Kier molecular flexibility index (Phi) is 5.02. The number of hydrogen-bond donors (Lipinski definition) is 5. The molecule has 2 saturated heterocycles. The van der Waals surface area contributed by atoms with Crippen molar-refractivity contribution in [3.05, 3.63) is 47.1 Å². The standard InChI is InChI=1S/C19H25FN6O/c1-2-3-14-16-15(12(8-21)18(22)27-19(16)26-24-14)13-9-23-25-17(13)10-4-6-11(20)7-5-10/h4-7,13-17,19,23-26H,2-3,9,22H2,1H3. The Hall–Kier alpha value is -2.18. The van der Waals surface area contributed by atoms with Crippen molar-refractivity contribution in [1.82, 2.24) is 21.7 Å². The van der Waals surface area contributed by atoms with Crippen molar-refractivity contribution in [3.63, 3.8) is 0 Å². The predicted octanol–water partition coefficient (Wildman–Crippen LogP) is 1.15. The summed E-state index contributed by atoms with van der Waals surface area (Å²) < 4.78 is 19.2. The highest BCUT2D eigenvalue weighted by molar-refractivity contribution is 5.33. The Morgan fingerprint density at radius 2 is 2.04 bits per heavy atom. The molecule has 0 amide bonds. The first-order chi connectivity index (χ1) is 13.1. The molecule has 4 rings (SSSR count). The zero-order valence-electron chi connectivity index (χ0n) is 15.2. The van der Waals surface area contributed by atoms with Crippen LogP contribution in [0.1, 0.15) is 31.4 Å². The van der Waals surface area contributed by atoms with Gasteiger partial charge in [-0.3, -0.25) is 10.9 Å². The van der Waals surface area contributed by atoms with E-state index >= 15 is 0 Å². The molecule has 8 heteroatoms. The first kappa shape index (κ1) is 18.2. The molecule has 0 spiro atoms. The SMILES string of the molecule is CCCC1NNC2OC(N)=C(C#N)C(C3CNNC3c3ccc(F)cc3)C12. The van der Waals surface area contributed by atoms with Crippen molar-refractivity contribution in [2.45, 2.75) is 38.1 Å². The molecule has 3 heterocycles. The topological polar surface area (TPSA) is 107 Å². The maximum absolute atomic E-state index is 13.4. The summed E-state index contributed by atoms with van der Waals surface area (Å²) in [7, 11) is 0. The molecule has 0 bridgehead atoms. The first-order valence-electron chi connectivity index (χ1n) is 9.45. The number of halogens is 1. The summed E-state index contributed by atoms with van der Waals surface area (Å²) in [6, 6.07) is 8.95. The van der Waals surface area contributed by atoms with Crippen LogP contribution in [0.5, 0.6) is 0 Å². The summed E-state index contributed by atoms with van der Waals surface area (Å²) in [5, 5.41) is 9.82. The normalized spacial score (nSPS) is 35.6. The number of rotatable bonds is 4. The Morgan fingerprint density at radius 1 is 1.26 bits per heavy atom. The van der Waals surface area contributed by atoms with Crippen LogP contribution >= 0.6 is 0 Å². The van der Waals surface area contributed by atoms with Crippen LogP contribution < -0.4 is 27.4 Å². The van der Waals surface area contributed by atoms with Crippen molar-refractivity contribution in [3.8, 4) is 6.07 Å². The summed E-state index contributed by atoms with van der Waals surface area (Å²) >= 11 is 0. The number of hydrazine groups is 2. The van der Waals surface area contributed by atoms with Crippen molar-refractivity contribution < 1.29 is 9.13 Å². The van der Waals surface area contributed by atoms with Crippen LogP contribution in [-0.4, -0.2) is 18.8 Å². The Balaban J connectivity index is 1.72. The summed E-state index contributed by atoms with van der Waals surface area (Å²) in [5.41, 5.74) is 20.6. The Morgan fingerprint density at radius 3 is 2.74 bits per heavy atom. The average molecular weight is 372 g/mol. The van der Waals surface area contributed by atoms with Gasteiger partial charge in [-0.05, 0) is 24.1 Å². The molecule has 6 N–H and O–H groups in total. The summed E-state index contributed by atoms with van der Waals surface area (Å²) in [6.07, 6.45) is 1.73. The van der Waals surface area contributed by atoms with Crippen LogP contribution in [0.4, 0.5) is 4.39 Å². The van der Waals surface area contributed by atoms with Crippen molar-refractivity contribution in [2.75, 3.05) is 6.54 Å². The number of nitrogens with one attached hydrogen (secondary N) is 4. The van der Waals surface area contributed by atoms with E-state index < -0.39 is 0 Å². The monoisotopic (exact) mass is 372 g/mol. The van der Waals surface area contributed by atoms with Gasteiger partial charge < -0.3 is 10.5 Å². The van der Waals surface area contributed by atoms with Crippen LogP contribution in [0, 0.1) is 34.9 Å². The highest BCUT2D eigenvalue weighted by atomic mass is 19.1. The Labute approximate surface area is 158 Å². The lowest BCUT2D eigenvalue weighted by Crippen LogP contribution is -2.46. The van der Waals surface area contributed by atoms with Crippen LogP contribution in [0.25, 0.3) is 0 Å². The first-order valence-corrected chi connectivity index (χ1v) is 9.45. The second-order valence-electron chi connectivity index (χ2n) is 7.43. The van der Waals surface area contributed by atoms with Gasteiger partial charge in [0.2, 0.25) is 0 Å². The molecule has 6 atom stereocenters. The van der Waals surface area contributed by atoms with Crippen LogP contribution in [-0.2, 0) is 4.74 Å². The third-order valence-electron chi connectivity index (χ3n) is 5.93. The van der Waals surface area contributed by atoms with E-state index in [0.29, 0.717) is 12.1 Å². The summed E-state index contributed by atoms with van der Waals surface area (Å²) in [4.78, 5) is 0. The molecule has 2 fully saturated rings. The van der Waals surface area contributed by atoms with Crippen LogP contribution in [0.3, 0.4) is 0 Å². The van der Waals surface area contributed by atoms with Gasteiger partial charge in [0.15, 0.2) is 12.1 Å². The number of nitrogens with zero attached hydrogens (tertiary/aromatic N) is 1. The van der Waals surface area contributed by atoms with E-state index in [1.807, 2.05) is 0 Å². The number of nitriles is 1. The van der Waals surface area contributed by atoms with E-state index in [2.05, 4.69) is 34.7 Å². The molecule has 6 unspecified atom stereocenters. The number of fused-ring (bicyclic) bond motifs is 1. The van der Waals surface area contributed by atoms with E-state index in [4.69, 9.17) is 10.5 Å². The molecular formula is C19H25FN6O. The van der Waals surface area contributed by atoms with Gasteiger partial charge in [-0.2, -0.15) is 5.26 Å². The van der Waals surface area contributed by atoms with Gasteiger partial charge in [0.1, 0.15) is 11.9 Å². The lowest BCUT2D eigenvalue weighted by atomic mass is 9.69.